The zero-order chi connectivity index (χ0) is 30.9. The van der Waals surface area contributed by atoms with Crippen molar-refractivity contribution in [2.45, 2.75) is 30.7 Å². The smallest absolute Gasteiger partial charge is 0.341 e. The number of nitrogens with two attached hydrogens (primary N) is 3. The van der Waals surface area contributed by atoms with Crippen LogP contribution in [0.25, 0.3) is 10.9 Å². The molecule has 0 bridgehead atoms. The lowest BCUT2D eigenvalue weighted by atomic mass is 9.97. The first-order valence-corrected chi connectivity index (χ1v) is 12.9. The fourth-order valence-corrected chi connectivity index (χ4v) is 4.17. The zero-order valence-electron chi connectivity index (χ0n) is 22.4. The standard InChI is InChI=1S/C27H31F3N8O4/c28-27(29,30)18-7-5-16(6-8-18)23(37-42)24(26(41)35-19-13-17-3-1-2-4-21(17)34-15-19)36-25(40)20(33)14-22(39)38(11-9-31)12-10-32/h1-8,13,15,20,23-24H,9-12,14,31-33H2,(H,35,41)(H,36,40)/t20-,23?,24-/m0/s1. The van der Waals surface area contributed by atoms with Gasteiger partial charge in [0.25, 0.3) is 0 Å². The minimum Gasteiger partial charge on any atom is -0.341 e. The highest BCUT2D eigenvalue weighted by molar-refractivity contribution is 6.00. The van der Waals surface area contributed by atoms with Crippen LogP contribution in [0.4, 0.5) is 18.9 Å². The van der Waals surface area contributed by atoms with Crippen LogP contribution in [-0.2, 0) is 20.6 Å². The van der Waals surface area contributed by atoms with Crippen LogP contribution >= 0.6 is 0 Å². The van der Waals surface area contributed by atoms with E-state index >= 15 is 0 Å². The average molecular weight is 589 g/mol. The molecule has 0 saturated carbocycles. The maximum atomic E-state index is 13.4. The largest absolute Gasteiger partial charge is 0.416 e. The molecule has 15 heteroatoms. The third kappa shape index (κ3) is 8.28. The van der Waals surface area contributed by atoms with Crippen LogP contribution in [0.1, 0.15) is 23.6 Å². The Morgan fingerprint density at radius 3 is 2.21 bits per heavy atom. The number of alkyl halides is 3. The Labute approximate surface area is 238 Å². The summed E-state index contributed by atoms with van der Waals surface area (Å²) in [5.41, 5.74) is 16.8. The van der Waals surface area contributed by atoms with Gasteiger partial charge in [-0.1, -0.05) is 35.5 Å². The number of pyridine rings is 1. The van der Waals surface area contributed by atoms with E-state index in [2.05, 4.69) is 20.8 Å². The summed E-state index contributed by atoms with van der Waals surface area (Å²) >= 11 is 0. The van der Waals surface area contributed by atoms with Crippen LogP contribution in [-0.4, -0.2) is 65.9 Å². The first-order chi connectivity index (χ1) is 20.0. The quantitative estimate of drug-likeness (QED) is 0.186. The van der Waals surface area contributed by atoms with Gasteiger partial charge in [0, 0.05) is 31.6 Å². The van der Waals surface area contributed by atoms with E-state index in [1.807, 2.05) is 0 Å². The zero-order valence-corrected chi connectivity index (χ0v) is 22.4. The van der Waals surface area contributed by atoms with E-state index in [0.29, 0.717) is 10.9 Å². The van der Waals surface area contributed by atoms with Crippen LogP contribution in [0.3, 0.4) is 0 Å². The van der Waals surface area contributed by atoms with E-state index in [-0.39, 0.29) is 37.4 Å². The van der Waals surface area contributed by atoms with Crippen molar-refractivity contribution in [1.29, 1.82) is 0 Å². The van der Waals surface area contributed by atoms with E-state index in [1.165, 1.54) is 11.1 Å². The monoisotopic (exact) mass is 588 g/mol. The van der Waals surface area contributed by atoms with Crippen molar-refractivity contribution >= 4 is 34.3 Å². The normalized spacial score (nSPS) is 13.6. The number of hydrogen-bond donors (Lipinski definition) is 5. The molecule has 42 heavy (non-hydrogen) atoms. The van der Waals surface area contributed by atoms with Crippen molar-refractivity contribution < 1.29 is 27.6 Å². The first kappa shape index (κ1) is 32.0. The van der Waals surface area contributed by atoms with E-state index in [0.717, 1.165) is 24.3 Å². The van der Waals surface area contributed by atoms with Crippen molar-refractivity contribution in [2.75, 3.05) is 31.5 Å². The highest BCUT2D eigenvalue weighted by atomic mass is 19.4. The van der Waals surface area contributed by atoms with Crippen LogP contribution in [0.2, 0.25) is 0 Å². The van der Waals surface area contributed by atoms with E-state index in [9.17, 15) is 32.5 Å². The van der Waals surface area contributed by atoms with Gasteiger partial charge in [-0.2, -0.15) is 18.1 Å². The molecular weight excluding hydrogens is 557 g/mol. The molecule has 0 aliphatic heterocycles. The highest BCUT2D eigenvalue weighted by Gasteiger charge is 2.36. The molecule has 1 aromatic heterocycles. The van der Waals surface area contributed by atoms with Crippen LogP contribution < -0.4 is 27.8 Å². The summed E-state index contributed by atoms with van der Waals surface area (Å²) in [7, 11) is 0. The summed E-state index contributed by atoms with van der Waals surface area (Å²) in [4.78, 5) is 56.7. The minimum absolute atomic E-state index is 0.0724. The second-order valence-electron chi connectivity index (χ2n) is 9.33. The molecule has 8 N–H and O–H groups in total. The van der Waals surface area contributed by atoms with Crippen molar-refractivity contribution in [1.82, 2.24) is 15.2 Å². The number of carbonyl (C=O) groups excluding carboxylic acids is 3. The molecule has 3 rings (SSSR count). The molecule has 3 atom stereocenters. The van der Waals surface area contributed by atoms with Gasteiger partial charge in [0.1, 0.15) is 12.1 Å². The molecule has 2 aromatic carbocycles. The fraction of sp³-hybridized carbons (Fsp3) is 0.333. The summed E-state index contributed by atoms with van der Waals surface area (Å²) in [6, 6.07) is 7.26. The summed E-state index contributed by atoms with van der Waals surface area (Å²) in [6.45, 7) is 0.665. The highest BCUT2D eigenvalue weighted by Crippen LogP contribution is 2.31. The van der Waals surface area contributed by atoms with Gasteiger partial charge in [-0.3, -0.25) is 19.4 Å². The first-order valence-electron chi connectivity index (χ1n) is 12.9. The molecule has 0 fully saturated rings. The van der Waals surface area contributed by atoms with Gasteiger partial charge in [0.05, 0.1) is 35.4 Å². The molecule has 3 amide bonds. The number of nitrogens with one attached hydrogen (secondary N) is 2. The molecule has 3 aromatic rings. The summed E-state index contributed by atoms with van der Waals surface area (Å²) < 4.78 is 39.3. The number of anilines is 1. The number of fused-ring (bicyclic) bond motifs is 1. The van der Waals surface area contributed by atoms with E-state index in [1.54, 1.807) is 30.3 Å². The number of hydrogen-bond acceptors (Lipinski definition) is 9. The maximum absolute atomic E-state index is 13.4. The average Bonchev–Trinajstić information content (AvgIpc) is 2.96. The lowest BCUT2D eigenvalue weighted by Crippen LogP contribution is -2.53. The SMILES string of the molecule is NCCN(CCN)C(=O)C[C@H](N)C(=O)N[C@H](C(=O)Nc1cnc2ccccc2c1)C(N=O)c1ccc(C(F)(F)F)cc1. The molecule has 0 radical (unpaired) electrons. The molecule has 1 heterocycles. The van der Waals surface area contributed by atoms with Crippen molar-refractivity contribution in [2.24, 2.45) is 22.4 Å². The predicted molar refractivity (Wildman–Crippen MR) is 150 cm³/mol. The Morgan fingerprint density at radius 1 is 0.976 bits per heavy atom. The molecule has 0 saturated heterocycles. The predicted octanol–water partition coefficient (Wildman–Crippen LogP) is 1.65. The van der Waals surface area contributed by atoms with Crippen LogP contribution in [0, 0.1) is 4.91 Å². The van der Waals surface area contributed by atoms with Crippen LogP contribution in [0.5, 0.6) is 0 Å². The summed E-state index contributed by atoms with van der Waals surface area (Å²) in [6.07, 6.45) is -3.75. The number of rotatable bonds is 13. The van der Waals surface area contributed by atoms with E-state index < -0.39 is 54.0 Å². The number of nitroso groups, excluding NO2 is 1. The second-order valence-corrected chi connectivity index (χ2v) is 9.33. The van der Waals surface area contributed by atoms with Crippen molar-refractivity contribution in [3.8, 4) is 0 Å². The van der Waals surface area contributed by atoms with Gasteiger partial charge in [0.15, 0.2) is 0 Å². The molecule has 0 aliphatic rings. The Hall–Kier alpha value is -4.47. The van der Waals surface area contributed by atoms with Gasteiger partial charge >= 0.3 is 6.18 Å². The van der Waals surface area contributed by atoms with Gasteiger partial charge in [0.2, 0.25) is 17.7 Å². The second kappa shape index (κ2) is 14.4. The van der Waals surface area contributed by atoms with Crippen molar-refractivity contribution in [3.63, 3.8) is 0 Å². The molecular formula is C27H31F3N8O4. The number of aromatic nitrogens is 1. The molecule has 0 spiro atoms. The van der Waals surface area contributed by atoms with Gasteiger partial charge in [-0.15, -0.1) is 0 Å². The van der Waals surface area contributed by atoms with Crippen molar-refractivity contribution in [3.05, 3.63) is 76.8 Å². The number of para-hydroxylation sites is 1. The summed E-state index contributed by atoms with van der Waals surface area (Å²) in [5.74, 6) is -2.40. The topological polar surface area (TPSA) is 199 Å². The molecule has 224 valence electrons. The lowest BCUT2D eigenvalue weighted by molar-refractivity contribution is -0.137. The number of carbonyl (C=O) groups is 3. The third-order valence-electron chi connectivity index (χ3n) is 6.33. The number of halogens is 3. The number of benzene rings is 2. The number of amides is 3. The minimum atomic E-state index is -4.64. The van der Waals surface area contributed by atoms with Gasteiger partial charge in [-0.05, 0) is 29.8 Å². The van der Waals surface area contributed by atoms with Crippen LogP contribution in [0.15, 0.2) is 66.0 Å². The summed E-state index contributed by atoms with van der Waals surface area (Å²) in [5, 5.41) is 8.53. The Morgan fingerprint density at radius 2 is 1.62 bits per heavy atom. The van der Waals surface area contributed by atoms with Gasteiger partial charge < -0.3 is 32.7 Å². The maximum Gasteiger partial charge on any atom is 0.416 e. The molecule has 0 aliphatic carbocycles. The Bertz CT molecular complexity index is 1400. The van der Waals surface area contributed by atoms with E-state index in [4.69, 9.17) is 17.2 Å². The molecule has 1 unspecified atom stereocenters. The fourth-order valence-electron chi connectivity index (χ4n) is 4.17. The Balaban J connectivity index is 1.88. The van der Waals surface area contributed by atoms with Gasteiger partial charge in [-0.25, -0.2) is 0 Å². The Kier molecular flexibility index (Phi) is 11.0. The molecule has 12 nitrogen and oxygen atoms in total. The third-order valence-corrected chi connectivity index (χ3v) is 6.33. The number of nitrogens with zero attached hydrogens (tertiary/aromatic N) is 3. The lowest BCUT2D eigenvalue weighted by Gasteiger charge is -2.26.